The third-order valence-corrected chi connectivity index (χ3v) is 5.39. The molecule has 7 heteroatoms. The molecule has 4 rings (SSSR count). The van der Waals surface area contributed by atoms with Crippen molar-refractivity contribution in [3.8, 4) is 5.75 Å². The van der Waals surface area contributed by atoms with Gasteiger partial charge in [-0.3, -0.25) is 14.9 Å². The van der Waals surface area contributed by atoms with Crippen molar-refractivity contribution in [2.45, 2.75) is 20.8 Å². The molecular weight excluding hydrogens is 376 g/mol. The summed E-state index contributed by atoms with van der Waals surface area (Å²) < 4.78 is 12.1. The average Bonchev–Trinajstić information content (AvgIpc) is 3.05. The molecular formula is C21H18N2O4S. The predicted octanol–water partition coefficient (Wildman–Crippen LogP) is 4.67. The first-order chi connectivity index (χ1) is 13.4. The Balaban J connectivity index is 1.65. The number of nitrogens with one attached hydrogen (secondary N) is 1. The first kappa shape index (κ1) is 18.2. The van der Waals surface area contributed by atoms with E-state index >= 15 is 0 Å². The number of benzene rings is 2. The molecule has 0 atom stereocenters. The van der Waals surface area contributed by atoms with Gasteiger partial charge < -0.3 is 9.15 Å². The summed E-state index contributed by atoms with van der Waals surface area (Å²) in [6, 6.07) is 10.3. The molecule has 0 aliphatic rings. The molecule has 0 spiro atoms. The Morgan fingerprint density at radius 1 is 1.18 bits per heavy atom. The van der Waals surface area contributed by atoms with Crippen LogP contribution in [0.3, 0.4) is 0 Å². The van der Waals surface area contributed by atoms with Crippen LogP contribution in [0.2, 0.25) is 0 Å². The second-order valence-electron chi connectivity index (χ2n) is 6.44. The number of carbonyl (C=O) groups excluding carboxylic acids is 1. The molecule has 28 heavy (non-hydrogen) atoms. The van der Waals surface area contributed by atoms with Crippen LogP contribution in [0.4, 0.5) is 5.13 Å². The third kappa shape index (κ3) is 3.36. The van der Waals surface area contributed by atoms with E-state index in [9.17, 15) is 9.59 Å². The normalized spacial score (nSPS) is 11.1. The number of carbonyl (C=O) groups is 1. The molecule has 0 unspecified atom stereocenters. The van der Waals surface area contributed by atoms with Crippen molar-refractivity contribution in [3.05, 3.63) is 63.5 Å². The number of anilines is 1. The van der Waals surface area contributed by atoms with Crippen LogP contribution in [0.15, 0.2) is 45.6 Å². The van der Waals surface area contributed by atoms with Gasteiger partial charge in [0.2, 0.25) is 0 Å². The number of nitrogens with zero attached hydrogens (tertiary/aromatic N) is 1. The fraction of sp³-hybridized carbons (Fsp3) is 0.190. The van der Waals surface area contributed by atoms with Crippen LogP contribution in [0.5, 0.6) is 5.75 Å². The summed E-state index contributed by atoms with van der Waals surface area (Å²) >= 11 is 1.33. The summed E-state index contributed by atoms with van der Waals surface area (Å²) in [5.41, 5.74) is 2.89. The number of hydrogen-bond donors (Lipinski definition) is 1. The van der Waals surface area contributed by atoms with Crippen LogP contribution in [0, 0.1) is 13.8 Å². The molecule has 4 aromatic rings. The summed E-state index contributed by atoms with van der Waals surface area (Å²) in [7, 11) is 0. The highest BCUT2D eigenvalue weighted by Crippen LogP contribution is 2.29. The molecule has 142 valence electrons. The van der Waals surface area contributed by atoms with Gasteiger partial charge >= 0.3 is 0 Å². The zero-order valence-corrected chi connectivity index (χ0v) is 16.5. The van der Waals surface area contributed by atoms with E-state index < -0.39 is 5.91 Å². The summed E-state index contributed by atoms with van der Waals surface area (Å²) in [5.74, 6) is 0.194. The zero-order valence-electron chi connectivity index (χ0n) is 15.7. The Morgan fingerprint density at radius 3 is 2.75 bits per heavy atom. The maximum absolute atomic E-state index is 12.6. The quantitative estimate of drug-likeness (QED) is 0.544. The number of aryl methyl sites for hydroxylation is 2. The average molecular weight is 394 g/mol. The number of fused-ring (bicyclic) bond motifs is 2. The lowest BCUT2D eigenvalue weighted by molar-refractivity contribution is 0.0997. The second kappa shape index (κ2) is 7.09. The van der Waals surface area contributed by atoms with Crippen molar-refractivity contribution in [1.29, 1.82) is 0 Å². The Hall–Kier alpha value is -3.19. The van der Waals surface area contributed by atoms with E-state index in [1.54, 1.807) is 12.1 Å². The molecule has 0 radical (unpaired) electrons. The monoisotopic (exact) mass is 394 g/mol. The first-order valence-electron chi connectivity index (χ1n) is 8.84. The maximum Gasteiger partial charge on any atom is 0.293 e. The van der Waals surface area contributed by atoms with Gasteiger partial charge in [0.1, 0.15) is 11.3 Å². The van der Waals surface area contributed by atoms with Crippen molar-refractivity contribution < 1.29 is 13.9 Å². The lowest BCUT2D eigenvalue weighted by Crippen LogP contribution is -2.15. The van der Waals surface area contributed by atoms with Gasteiger partial charge in [-0.1, -0.05) is 11.3 Å². The van der Waals surface area contributed by atoms with Crippen molar-refractivity contribution in [2.75, 3.05) is 11.9 Å². The minimum Gasteiger partial charge on any atom is -0.494 e. The zero-order chi connectivity index (χ0) is 19.8. The predicted molar refractivity (Wildman–Crippen MR) is 111 cm³/mol. The number of aromatic nitrogens is 1. The van der Waals surface area contributed by atoms with E-state index in [1.165, 1.54) is 17.4 Å². The van der Waals surface area contributed by atoms with Crippen LogP contribution in [-0.4, -0.2) is 17.5 Å². The van der Waals surface area contributed by atoms with Gasteiger partial charge in [-0.05, 0) is 62.2 Å². The van der Waals surface area contributed by atoms with Gasteiger partial charge in [0, 0.05) is 6.07 Å². The Bertz CT molecular complexity index is 1270. The van der Waals surface area contributed by atoms with Crippen molar-refractivity contribution >= 4 is 43.6 Å². The molecule has 1 N–H and O–H groups in total. The number of thiazole rings is 1. The minimum atomic E-state index is -0.513. The minimum absolute atomic E-state index is 0.0463. The molecule has 0 saturated heterocycles. The van der Waals surface area contributed by atoms with E-state index in [0.717, 1.165) is 27.1 Å². The lowest BCUT2D eigenvalue weighted by Gasteiger charge is -2.05. The molecule has 0 fully saturated rings. The highest BCUT2D eigenvalue weighted by atomic mass is 32.1. The van der Waals surface area contributed by atoms with Crippen molar-refractivity contribution in [1.82, 2.24) is 4.98 Å². The Morgan fingerprint density at radius 2 is 1.96 bits per heavy atom. The molecule has 0 bridgehead atoms. The smallest absolute Gasteiger partial charge is 0.293 e. The summed E-state index contributed by atoms with van der Waals surface area (Å²) in [6.45, 7) is 6.36. The molecule has 2 aromatic carbocycles. The van der Waals surface area contributed by atoms with Crippen LogP contribution in [-0.2, 0) is 0 Å². The highest BCUT2D eigenvalue weighted by molar-refractivity contribution is 7.22. The molecule has 0 aliphatic carbocycles. The number of hydrogen-bond acceptors (Lipinski definition) is 6. The van der Waals surface area contributed by atoms with Crippen LogP contribution >= 0.6 is 11.3 Å². The Kier molecular flexibility index (Phi) is 4.60. The molecule has 2 heterocycles. The number of amides is 1. The summed E-state index contributed by atoms with van der Waals surface area (Å²) in [6.07, 6.45) is 0. The fourth-order valence-electron chi connectivity index (χ4n) is 2.90. The third-order valence-electron chi connectivity index (χ3n) is 4.46. The van der Waals surface area contributed by atoms with E-state index in [2.05, 4.69) is 10.3 Å². The van der Waals surface area contributed by atoms with Crippen molar-refractivity contribution in [3.63, 3.8) is 0 Å². The van der Waals surface area contributed by atoms with Crippen LogP contribution < -0.4 is 15.5 Å². The summed E-state index contributed by atoms with van der Waals surface area (Å²) in [4.78, 5) is 29.4. The van der Waals surface area contributed by atoms with E-state index in [-0.39, 0.29) is 11.2 Å². The van der Waals surface area contributed by atoms with Gasteiger partial charge in [0.15, 0.2) is 16.3 Å². The SMILES string of the molecule is CCOc1ccc2nc(NC(=O)c3cc(=O)c4cc(C)c(C)cc4o3)sc2c1. The lowest BCUT2D eigenvalue weighted by atomic mass is 10.1. The summed E-state index contributed by atoms with van der Waals surface area (Å²) in [5, 5.41) is 3.60. The van der Waals surface area contributed by atoms with E-state index in [1.807, 2.05) is 39.0 Å². The van der Waals surface area contributed by atoms with E-state index in [4.69, 9.17) is 9.15 Å². The van der Waals surface area contributed by atoms with Gasteiger partial charge in [0.05, 0.1) is 22.2 Å². The fourth-order valence-corrected chi connectivity index (χ4v) is 3.79. The molecule has 6 nitrogen and oxygen atoms in total. The Labute approximate surface area is 164 Å². The molecule has 2 aromatic heterocycles. The van der Waals surface area contributed by atoms with E-state index in [0.29, 0.717) is 22.7 Å². The first-order valence-corrected chi connectivity index (χ1v) is 9.66. The van der Waals surface area contributed by atoms with Gasteiger partial charge in [0.25, 0.3) is 5.91 Å². The van der Waals surface area contributed by atoms with Gasteiger partial charge in [-0.15, -0.1) is 0 Å². The standard InChI is InChI=1S/C21H18N2O4S/c1-4-26-13-5-6-15-19(9-13)28-21(22-15)23-20(25)18-10-16(24)14-7-11(2)12(3)8-17(14)27-18/h5-10H,4H2,1-3H3,(H,22,23,25). The van der Waals surface area contributed by atoms with Gasteiger partial charge in [-0.2, -0.15) is 0 Å². The number of rotatable bonds is 4. The van der Waals surface area contributed by atoms with Gasteiger partial charge in [-0.25, -0.2) is 4.98 Å². The molecule has 1 amide bonds. The largest absolute Gasteiger partial charge is 0.494 e. The van der Waals surface area contributed by atoms with Crippen molar-refractivity contribution in [2.24, 2.45) is 0 Å². The van der Waals surface area contributed by atoms with Crippen LogP contribution in [0.25, 0.3) is 21.2 Å². The highest BCUT2D eigenvalue weighted by Gasteiger charge is 2.15. The molecule has 0 saturated carbocycles. The topological polar surface area (TPSA) is 81.4 Å². The van der Waals surface area contributed by atoms with Crippen LogP contribution in [0.1, 0.15) is 28.6 Å². The second-order valence-corrected chi connectivity index (χ2v) is 7.47. The molecule has 0 aliphatic heterocycles. The number of ether oxygens (including phenoxy) is 1. The maximum atomic E-state index is 12.6.